The standard InChI is InChI=1S/C17H17ClN2O/c1-2-11-20-15-9-5-4-8-14(15)19-17(20)12-21-16-10-6-3-7-13(16)18/h3-10H,2,11-12H2,1H3. The first-order valence-corrected chi connectivity index (χ1v) is 7.49. The third-order valence-corrected chi connectivity index (χ3v) is 3.69. The van der Waals surface area contributed by atoms with Crippen molar-refractivity contribution in [1.29, 1.82) is 0 Å². The summed E-state index contributed by atoms with van der Waals surface area (Å²) in [6.07, 6.45) is 1.06. The first-order valence-electron chi connectivity index (χ1n) is 7.11. The number of halogens is 1. The van der Waals surface area contributed by atoms with E-state index in [1.54, 1.807) is 0 Å². The molecule has 3 aromatic rings. The molecule has 2 aromatic carbocycles. The summed E-state index contributed by atoms with van der Waals surface area (Å²) in [4.78, 5) is 4.67. The zero-order valence-corrected chi connectivity index (χ0v) is 12.7. The van der Waals surface area contributed by atoms with Crippen LogP contribution in [-0.4, -0.2) is 9.55 Å². The van der Waals surface area contributed by atoms with Crippen molar-refractivity contribution in [1.82, 2.24) is 9.55 Å². The van der Waals surface area contributed by atoms with E-state index in [-0.39, 0.29) is 0 Å². The van der Waals surface area contributed by atoms with Crippen LogP contribution in [0.3, 0.4) is 0 Å². The smallest absolute Gasteiger partial charge is 0.147 e. The number of aryl methyl sites for hydroxylation is 1. The van der Waals surface area contributed by atoms with Gasteiger partial charge in [-0.05, 0) is 30.7 Å². The minimum Gasteiger partial charge on any atom is -0.484 e. The summed E-state index contributed by atoms with van der Waals surface area (Å²) < 4.78 is 8.04. The fourth-order valence-electron chi connectivity index (χ4n) is 2.41. The van der Waals surface area contributed by atoms with Crippen LogP contribution in [0.4, 0.5) is 0 Å². The van der Waals surface area contributed by atoms with E-state index < -0.39 is 0 Å². The van der Waals surface area contributed by atoms with Gasteiger partial charge < -0.3 is 9.30 Å². The minimum atomic E-state index is 0.415. The predicted octanol–water partition coefficient (Wildman–Crippen LogP) is 4.68. The molecule has 0 radical (unpaired) electrons. The molecule has 3 nitrogen and oxygen atoms in total. The third kappa shape index (κ3) is 2.88. The molecular formula is C17H17ClN2O. The summed E-state index contributed by atoms with van der Waals surface area (Å²) >= 11 is 6.12. The fourth-order valence-corrected chi connectivity index (χ4v) is 2.60. The number of imidazole rings is 1. The molecule has 0 aliphatic rings. The molecule has 0 N–H and O–H groups in total. The summed E-state index contributed by atoms with van der Waals surface area (Å²) in [5, 5.41) is 0.621. The quantitative estimate of drug-likeness (QED) is 0.684. The van der Waals surface area contributed by atoms with Crippen LogP contribution in [0.15, 0.2) is 48.5 Å². The second kappa shape index (κ2) is 6.19. The number of aromatic nitrogens is 2. The van der Waals surface area contributed by atoms with Crippen molar-refractivity contribution in [3.63, 3.8) is 0 Å². The van der Waals surface area contributed by atoms with Crippen molar-refractivity contribution in [2.45, 2.75) is 26.5 Å². The minimum absolute atomic E-state index is 0.415. The van der Waals surface area contributed by atoms with Crippen LogP contribution >= 0.6 is 11.6 Å². The lowest BCUT2D eigenvalue weighted by Gasteiger charge is -2.10. The molecule has 21 heavy (non-hydrogen) atoms. The Kier molecular flexibility index (Phi) is 4.11. The summed E-state index contributed by atoms with van der Waals surface area (Å²) in [7, 11) is 0. The highest BCUT2D eigenvalue weighted by Crippen LogP contribution is 2.25. The molecule has 0 atom stereocenters. The number of fused-ring (bicyclic) bond motifs is 1. The number of hydrogen-bond donors (Lipinski definition) is 0. The zero-order valence-electron chi connectivity index (χ0n) is 11.9. The molecule has 0 spiro atoms. The van der Waals surface area contributed by atoms with Gasteiger partial charge >= 0.3 is 0 Å². The molecule has 0 aliphatic carbocycles. The van der Waals surface area contributed by atoms with Gasteiger partial charge in [0.2, 0.25) is 0 Å². The van der Waals surface area contributed by atoms with Gasteiger partial charge in [0.15, 0.2) is 0 Å². The Hall–Kier alpha value is -2.00. The van der Waals surface area contributed by atoms with Crippen LogP contribution in [-0.2, 0) is 13.2 Å². The number of nitrogens with zero attached hydrogens (tertiary/aromatic N) is 2. The Bertz CT molecular complexity index is 751. The van der Waals surface area contributed by atoms with E-state index >= 15 is 0 Å². The predicted molar refractivity (Wildman–Crippen MR) is 85.8 cm³/mol. The maximum absolute atomic E-state index is 6.12. The average molecular weight is 301 g/mol. The van der Waals surface area contributed by atoms with E-state index in [0.29, 0.717) is 17.4 Å². The van der Waals surface area contributed by atoms with Gasteiger partial charge in [-0.2, -0.15) is 0 Å². The molecule has 0 fully saturated rings. The van der Waals surface area contributed by atoms with Crippen LogP contribution < -0.4 is 4.74 Å². The number of ether oxygens (including phenoxy) is 1. The number of rotatable bonds is 5. The van der Waals surface area contributed by atoms with Crippen molar-refractivity contribution in [3.05, 3.63) is 59.4 Å². The van der Waals surface area contributed by atoms with Crippen molar-refractivity contribution in [3.8, 4) is 5.75 Å². The van der Waals surface area contributed by atoms with E-state index in [4.69, 9.17) is 16.3 Å². The monoisotopic (exact) mass is 300 g/mol. The summed E-state index contributed by atoms with van der Waals surface area (Å²) in [5.41, 5.74) is 2.15. The third-order valence-electron chi connectivity index (χ3n) is 3.37. The summed E-state index contributed by atoms with van der Waals surface area (Å²) in [5.74, 6) is 1.62. The van der Waals surface area contributed by atoms with Crippen LogP contribution in [0.2, 0.25) is 5.02 Å². The van der Waals surface area contributed by atoms with Gasteiger partial charge in [-0.15, -0.1) is 0 Å². The van der Waals surface area contributed by atoms with Crippen LogP contribution in [0.25, 0.3) is 11.0 Å². The van der Waals surface area contributed by atoms with E-state index in [9.17, 15) is 0 Å². The Morgan fingerprint density at radius 2 is 1.86 bits per heavy atom. The maximum atomic E-state index is 6.12. The van der Waals surface area contributed by atoms with Gasteiger partial charge in [0.1, 0.15) is 18.2 Å². The summed E-state index contributed by atoms with van der Waals surface area (Å²) in [6.45, 7) is 3.51. The molecule has 4 heteroatoms. The van der Waals surface area contributed by atoms with Gasteiger partial charge in [-0.1, -0.05) is 42.8 Å². The normalized spacial score (nSPS) is 11.0. The van der Waals surface area contributed by atoms with Crippen molar-refractivity contribution < 1.29 is 4.74 Å². The van der Waals surface area contributed by atoms with Gasteiger partial charge in [-0.25, -0.2) is 4.98 Å². The topological polar surface area (TPSA) is 27.1 Å². The van der Waals surface area contributed by atoms with Gasteiger partial charge in [0.05, 0.1) is 16.1 Å². The van der Waals surface area contributed by atoms with E-state index in [0.717, 1.165) is 29.8 Å². The summed E-state index contributed by atoms with van der Waals surface area (Å²) in [6, 6.07) is 15.7. The molecule has 0 bridgehead atoms. The van der Waals surface area contributed by atoms with Crippen LogP contribution in [0.5, 0.6) is 5.75 Å². The Labute approximate surface area is 129 Å². The first-order chi connectivity index (χ1) is 10.3. The maximum Gasteiger partial charge on any atom is 0.147 e. The molecular weight excluding hydrogens is 284 g/mol. The van der Waals surface area contributed by atoms with E-state index in [1.807, 2.05) is 42.5 Å². The largest absolute Gasteiger partial charge is 0.484 e. The van der Waals surface area contributed by atoms with Gasteiger partial charge in [0.25, 0.3) is 0 Å². The molecule has 3 rings (SSSR count). The molecule has 0 aliphatic heterocycles. The van der Waals surface area contributed by atoms with Crippen molar-refractivity contribution in [2.24, 2.45) is 0 Å². The molecule has 0 saturated carbocycles. The zero-order chi connectivity index (χ0) is 14.7. The lowest BCUT2D eigenvalue weighted by molar-refractivity contribution is 0.290. The first kappa shape index (κ1) is 14.0. The highest BCUT2D eigenvalue weighted by atomic mass is 35.5. The fraction of sp³-hybridized carbons (Fsp3) is 0.235. The SMILES string of the molecule is CCCn1c(COc2ccccc2Cl)nc2ccccc21. The molecule has 1 heterocycles. The highest BCUT2D eigenvalue weighted by Gasteiger charge is 2.11. The number of para-hydroxylation sites is 3. The molecule has 0 unspecified atom stereocenters. The van der Waals surface area contributed by atoms with Crippen LogP contribution in [0, 0.1) is 0 Å². The second-order valence-electron chi connectivity index (χ2n) is 4.89. The van der Waals surface area contributed by atoms with Crippen molar-refractivity contribution in [2.75, 3.05) is 0 Å². The molecule has 108 valence electrons. The molecule has 0 saturated heterocycles. The molecule has 0 amide bonds. The highest BCUT2D eigenvalue weighted by molar-refractivity contribution is 6.32. The van der Waals surface area contributed by atoms with E-state index in [1.165, 1.54) is 0 Å². The number of hydrogen-bond acceptors (Lipinski definition) is 2. The average Bonchev–Trinajstić information content (AvgIpc) is 2.85. The van der Waals surface area contributed by atoms with Gasteiger partial charge in [-0.3, -0.25) is 0 Å². The lowest BCUT2D eigenvalue weighted by atomic mass is 10.3. The number of benzene rings is 2. The van der Waals surface area contributed by atoms with Crippen LogP contribution in [0.1, 0.15) is 19.2 Å². The Morgan fingerprint density at radius 3 is 2.67 bits per heavy atom. The Balaban J connectivity index is 1.89. The van der Waals surface area contributed by atoms with E-state index in [2.05, 4.69) is 22.5 Å². The Morgan fingerprint density at radius 1 is 1.10 bits per heavy atom. The lowest BCUT2D eigenvalue weighted by Crippen LogP contribution is -2.07. The van der Waals surface area contributed by atoms with Gasteiger partial charge in [0, 0.05) is 6.54 Å². The second-order valence-corrected chi connectivity index (χ2v) is 5.29. The molecule has 1 aromatic heterocycles. The van der Waals surface area contributed by atoms with Crippen molar-refractivity contribution >= 4 is 22.6 Å².